The van der Waals surface area contributed by atoms with Crippen LogP contribution in [-0.4, -0.2) is 32.6 Å². The van der Waals surface area contributed by atoms with E-state index in [1.165, 1.54) is 61.2 Å². The zero-order valence-corrected chi connectivity index (χ0v) is 22.4. The maximum absolute atomic E-state index is 13.8. The van der Waals surface area contributed by atoms with E-state index in [4.69, 9.17) is 4.99 Å². The number of nitrogens with zero attached hydrogens (tertiary/aromatic N) is 3. The van der Waals surface area contributed by atoms with Crippen molar-refractivity contribution in [3.8, 4) is 5.69 Å². The molecule has 1 amide bonds. The summed E-state index contributed by atoms with van der Waals surface area (Å²) in [6.07, 6.45) is 15.2. The summed E-state index contributed by atoms with van der Waals surface area (Å²) >= 11 is 1.61. The summed E-state index contributed by atoms with van der Waals surface area (Å²) in [6, 6.07) is 11.7. The highest BCUT2D eigenvalue weighted by atomic mass is 32.2. The van der Waals surface area contributed by atoms with Crippen molar-refractivity contribution in [3.05, 3.63) is 57.8 Å². The Bertz CT molecular complexity index is 1120. The SMILES string of the molecule is CCc1ccc(-n2c(C)cc(C=C3SC(=NC4CCCCC4)N(C4CCCCC4)C3=O)c2C)cc1. The number of hydrogen-bond donors (Lipinski definition) is 0. The summed E-state index contributed by atoms with van der Waals surface area (Å²) in [5.41, 5.74) is 6.01. The summed E-state index contributed by atoms with van der Waals surface area (Å²) < 4.78 is 2.30. The van der Waals surface area contributed by atoms with Gasteiger partial charge in [0.25, 0.3) is 5.91 Å². The van der Waals surface area contributed by atoms with E-state index >= 15 is 0 Å². The van der Waals surface area contributed by atoms with Crippen LogP contribution in [0.25, 0.3) is 11.8 Å². The second-order valence-corrected chi connectivity index (χ2v) is 11.5. The zero-order chi connectivity index (χ0) is 24.4. The summed E-state index contributed by atoms with van der Waals surface area (Å²) in [5, 5.41) is 0.962. The predicted octanol–water partition coefficient (Wildman–Crippen LogP) is 7.59. The molecule has 1 aromatic carbocycles. The largest absolute Gasteiger partial charge is 0.318 e. The van der Waals surface area contributed by atoms with Gasteiger partial charge in [0.15, 0.2) is 5.17 Å². The van der Waals surface area contributed by atoms with E-state index < -0.39 is 0 Å². The van der Waals surface area contributed by atoms with Gasteiger partial charge in [0, 0.05) is 23.1 Å². The van der Waals surface area contributed by atoms with E-state index in [0.29, 0.717) is 12.1 Å². The van der Waals surface area contributed by atoms with Crippen molar-refractivity contribution in [1.82, 2.24) is 9.47 Å². The van der Waals surface area contributed by atoms with Crippen molar-refractivity contribution in [2.75, 3.05) is 0 Å². The van der Waals surface area contributed by atoms with E-state index in [2.05, 4.69) is 66.6 Å². The molecule has 2 aromatic rings. The van der Waals surface area contributed by atoms with Crippen molar-refractivity contribution in [2.45, 2.75) is 103 Å². The molecule has 1 aliphatic heterocycles. The van der Waals surface area contributed by atoms with Crippen LogP contribution in [-0.2, 0) is 11.2 Å². The Hall–Kier alpha value is -2.27. The first kappa shape index (κ1) is 24.4. The average Bonchev–Trinajstić information content (AvgIpc) is 3.34. The molecule has 186 valence electrons. The molecular weight excluding hydrogens is 450 g/mol. The van der Waals surface area contributed by atoms with Gasteiger partial charge in [-0.15, -0.1) is 0 Å². The molecule has 5 rings (SSSR count). The number of amidine groups is 1. The van der Waals surface area contributed by atoms with Crippen LogP contribution in [0.2, 0.25) is 0 Å². The average molecular weight is 490 g/mol. The number of hydrogen-bond acceptors (Lipinski definition) is 3. The van der Waals surface area contributed by atoms with Crippen LogP contribution in [0.15, 0.2) is 40.2 Å². The fraction of sp³-hybridized carbons (Fsp3) is 0.533. The third-order valence-electron chi connectivity index (χ3n) is 8.00. The minimum Gasteiger partial charge on any atom is -0.318 e. The Labute approximate surface area is 214 Å². The number of thioether (sulfide) groups is 1. The van der Waals surface area contributed by atoms with Gasteiger partial charge in [0.1, 0.15) is 0 Å². The van der Waals surface area contributed by atoms with Gasteiger partial charge in [-0.3, -0.25) is 14.7 Å². The second kappa shape index (κ2) is 10.8. The van der Waals surface area contributed by atoms with Gasteiger partial charge >= 0.3 is 0 Å². The van der Waals surface area contributed by atoms with Gasteiger partial charge in [0.2, 0.25) is 0 Å². The normalized spacial score (nSPS) is 22.6. The molecule has 2 heterocycles. The molecule has 2 aliphatic carbocycles. The highest BCUT2D eigenvalue weighted by Crippen LogP contribution is 2.39. The van der Waals surface area contributed by atoms with Gasteiger partial charge < -0.3 is 4.57 Å². The molecule has 2 saturated carbocycles. The van der Waals surface area contributed by atoms with E-state index in [1.807, 2.05) is 0 Å². The van der Waals surface area contributed by atoms with Crippen molar-refractivity contribution >= 4 is 28.9 Å². The lowest BCUT2D eigenvalue weighted by molar-refractivity contribution is -0.124. The molecule has 0 radical (unpaired) electrons. The molecule has 0 bridgehead atoms. The van der Waals surface area contributed by atoms with E-state index in [0.717, 1.165) is 47.7 Å². The molecule has 1 saturated heterocycles. The molecule has 3 fully saturated rings. The number of aryl methyl sites for hydroxylation is 2. The molecular formula is C30H39N3OS. The van der Waals surface area contributed by atoms with Crippen LogP contribution in [0.5, 0.6) is 0 Å². The lowest BCUT2D eigenvalue weighted by atomic mass is 9.94. The number of aromatic nitrogens is 1. The lowest BCUT2D eigenvalue weighted by Crippen LogP contribution is -2.41. The molecule has 0 N–H and O–H groups in total. The minimum atomic E-state index is 0.161. The Kier molecular flexibility index (Phi) is 7.52. The predicted molar refractivity (Wildman–Crippen MR) is 148 cm³/mol. The minimum absolute atomic E-state index is 0.161. The smallest absolute Gasteiger partial charge is 0.267 e. The standard InChI is InChI=1S/C30H39N3OS/c1-4-23-15-17-27(18-16-23)32-21(2)19-24(22(32)3)20-28-29(34)33(26-13-9-6-10-14-26)30(35-28)31-25-11-7-5-8-12-25/h15-20,25-26H,4-14H2,1-3H3. The molecule has 0 atom stereocenters. The number of carbonyl (C=O) groups is 1. The van der Waals surface area contributed by atoms with Gasteiger partial charge in [-0.25, -0.2) is 0 Å². The fourth-order valence-electron chi connectivity index (χ4n) is 5.96. The lowest BCUT2D eigenvalue weighted by Gasteiger charge is -2.31. The van der Waals surface area contributed by atoms with Crippen LogP contribution in [0.1, 0.15) is 93.6 Å². The molecule has 35 heavy (non-hydrogen) atoms. The topological polar surface area (TPSA) is 37.6 Å². The first-order valence-electron chi connectivity index (χ1n) is 13.6. The summed E-state index contributed by atoms with van der Waals surface area (Å²) in [4.78, 5) is 21.8. The van der Waals surface area contributed by atoms with Crippen LogP contribution in [0.3, 0.4) is 0 Å². The third-order valence-corrected chi connectivity index (χ3v) is 9.00. The number of amides is 1. The number of rotatable bonds is 5. The van der Waals surface area contributed by atoms with Crippen LogP contribution in [0.4, 0.5) is 0 Å². The summed E-state index contributed by atoms with van der Waals surface area (Å²) in [7, 11) is 0. The fourth-order valence-corrected chi connectivity index (χ4v) is 7.06. The first-order valence-corrected chi connectivity index (χ1v) is 14.5. The number of aliphatic imine (C=N–C) groups is 1. The van der Waals surface area contributed by atoms with Crippen molar-refractivity contribution in [3.63, 3.8) is 0 Å². The van der Waals surface area contributed by atoms with Gasteiger partial charge in [-0.05, 0) is 93.1 Å². The maximum atomic E-state index is 13.8. The van der Waals surface area contributed by atoms with Crippen molar-refractivity contribution < 1.29 is 4.79 Å². The maximum Gasteiger partial charge on any atom is 0.267 e. The van der Waals surface area contributed by atoms with Crippen LogP contribution < -0.4 is 0 Å². The summed E-state index contributed by atoms with van der Waals surface area (Å²) in [6.45, 7) is 6.49. The highest BCUT2D eigenvalue weighted by molar-refractivity contribution is 8.18. The molecule has 3 aliphatic rings. The quantitative estimate of drug-likeness (QED) is 0.406. The van der Waals surface area contributed by atoms with Crippen molar-refractivity contribution in [2.24, 2.45) is 4.99 Å². The van der Waals surface area contributed by atoms with E-state index in [9.17, 15) is 4.79 Å². The molecule has 1 aromatic heterocycles. The Balaban J connectivity index is 1.46. The molecule has 4 nitrogen and oxygen atoms in total. The highest BCUT2D eigenvalue weighted by Gasteiger charge is 2.39. The monoisotopic (exact) mass is 489 g/mol. The Morgan fingerprint density at radius 1 is 0.971 bits per heavy atom. The molecule has 0 spiro atoms. The first-order chi connectivity index (χ1) is 17.0. The van der Waals surface area contributed by atoms with Gasteiger partial charge in [0.05, 0.1) is 10.9 Å². The molecule has 0 unspecified atom stereocenters. The van der Waals surface area contributed by atoms with E-state index in [1.54, 1.807) is 11.8 Å². The number of benzene rings is 1. The number of carbonyl (C=O) groups excluding carboxylic acids is 1. The van der Waals surface area contributed by atoms with Crippen LogP contribution in [0, 0.1) is 13.8 Å². The Morgan fingerprint density at radius 2 is 1.63 bits per heavy atom. The van der Waals surface area contributed by atoms with Crippen LogP contribution >= 0.6 is 11.8 Å². The Morgan fingerprint density at radius 3 is 2.29 bits per heavy atom. The summed E-state index contributed by atoms with van der Waals surface area (Å²) in [5.74, 6) is 0.161. The van der Waals surface area contributed by atoms with Gasteiger partial charge in [-0.1, -0.05) is 57.6 Å². The van der Waals surface area contributed by atoms with E-state index in [-0.39, 0.29) is 5.91 Å². The van der Waals surface area contributed by atoms with Gasteiger partial charge in [-0.2, -0.15) is 0 Å². The molecule has 5 heteroatoms. The van der Waals surface area contributed by atoms with Crippen molar-refractivity contribution in [1.29, 1.82) is 0 Å². The third kappa shape index (κ3) is 5.16. The zero-order valence-electron chi connectivity index (χ0n) is 21.6. The second-order valence-electron chi connectivity index (χ2n) is 10.5.